The second kappa shape index (κ2) is 9.50. The van der Waals surface area contributed by atoms with Gasteiger partial charge >= 0.3 is 0 Å². The number of para-hydroxylation sites is 1. The first-order valence-electron chi connectivity index (χ1n) is 10.5. The molecule has 0 radical (unpaired) electrons. The molecule has 2 aromatic heterocycles. The molecule has 2 heterocycles. The lowest BCUT2D eigenvalue weighted by atomic mass is 10.1. The van der Waals surface area contributed by atoms with Gasteiger partial charge in [0.05, 0.1) is 35.9 Å². The number of nitriles is 1. The highest BCUT2D eigenvalue weighted by Gasteiger charge is 2.15. The fourth-order valence-electron chi connectivity index (χ4n) is 3.74. The van der Waals surface area contributed by atoms with Crippen LogP contribution in [0.15, 0.2) is 67.0 Å². The van der Waals surface area contributed by atoms with Gasteiger partial charge in [0.25, 0.3) is 0 Å². The molecule has 156 valence electrons. The Bertz CT molecular complexity index is 1190. The normalized spacial score (nSPS) is 11.3. The van der Waals surface area contributed by atoms with E-state index in [4.69, 9.17) is 10.2 Å². The summed E-state index contributed by atoms with van der Waals surface area (Å²) >= 11 is 0. The zero-order chi connectivity index (χ0) is 21.6. The van der Waals surface area contributed by atoms with Gasteiger partial charge in [-0.3, -0.25) is 9.88 Å². The van der Waals surface area contributed by atoms with E-state index < -0.39 is 0 Å². The second-order valence-electron chi connectivity index (χ2n) is 8.24. The van der Waals surface area contributed by atoms with E-state index in [0.717, 1.165) is 41.1 Å². The molecule has 0 N–H and O–H groups in total. The van der Waals surface area contributed by atoms with Gasteiger partial charge < -0.3 is 4.57 Å². The SMILES string of the molecule is CC(C)CN(Cc1ccc2ccccc2n1)Cc1nncn1Cc1ccc(C#N)cc1. The molecular weight excluding hydrogens is 384 g/mol. The number of aromatic nitrogens is 4. The summed E-state index contributed by atoms with van der Waals surface area (Å²) in [5.41, 5.74) is 3.86. The van der Waals surface area contributed by atoms with Crippen LogP contribution in [-0.4, -0.2) is 31.2 Å². The van der Waals surface area contributed by atoms with Gasteiger partial charge in [0, 0.05) is 18.5 Å². The summed E-state index contributed by atoms with van der Waals surface area (Å²) in [5, 5.41) is 18.7. The predicted molar refractivity (Wildman–Crippen MR) is 121 cm³/mol. The van der Waals surface area contributed by atoms with Crippen molar-refractivity contribution in [3.05, 3.63) is 89.6 Å². The minimum atomic E-state index is 0.523. The highest BCUT2D eigenvalue weighted by atomic mass is 15.3. The minimum Gasteiger partial charge on any atom is -0.312 e. The third kappa shape index (κ3) is 5.33. The molecule has 0 saturated heterocycles. The van der Waals surface area contributed by atoms with Crippen molar-refractivity contribution in [3.8, 4) is 6.07 Å². The van der Waals surface area contributed by atoms with Gasteiger partial charge in [0.2, 0.25) is 0 Å². The zero-order valence-corrected chi connectivity index (χ0v) is 17.9. The Morgan fingerprint density at radius 2 is 1.81 bits per heavy atom. The Labute approximate surface area is 182 Å². The fraction of sp³-hybridized carbons (Fsp3) is 0.280. The first kappa shape index (κ1) is 20.7. The van der Waals surface area contributed by atoms with Crippen molar-refractivity contribution in [3.63, 3.8) is 0 Å². The maximum Gasteiger partial charge on any atom is 0.147 e. The van der Waals surface area contributed by atoms with Crippen LogP contribution < -0.4 is 0 Å². The average molecular weight is 411 g/mol. The van der Waals surface area contributed by atoms with Gasteiger partial charge in [-0.1, -0.05) is 50.2 Å². The average Bonchev–Trinajstić information content (AvgIpc) is 3.20. The van der Waals surface area contributed by atoms with Crippen molar-refractivity contribution in [2.75, 3.05) is 6.54 Å². The number of pyridine rings is 1. The molecule has 0 fully saturated rings. The maximum absolute atomic E-state index is 8.99. The third-order valence-electron chi connectivity index (χ3n) is 5.16. The smallest absolute Gasteiger partial charge is 0.147 e. The maximum atomic E-state index is 8.99. The van der Waals surface area contributed by atoms with Crippen LogP contribution in [0.25, 0.3) is 10.9 Å². The molecule has 4 rings (SSSR count). The quantitative estimate of drug-likeness (QED) is 0.430. The van der Waals surface area contributed by atoms with Crippen molar-refractivity contribution in [2.45, 2.75) is 33.5 Å². The van der Waals surface area contributed by atoms with Crippen molar-refractivity contribution >= 4 is 10.9 Å². The standard InChI is InChI=1S/C25H26N6/c1-19(2)14-30(16-23-12-11-22-5-3-4-6-24(22)28-23)17-25-29-27-18-31(25)15-21-9-7-20(13-26)8-10-21/h3-12,18-19H,14-17H2,1-2H3. The summed E-state index contributed by atoms with van der Waals surface area (Å²) in [6.45, 7) is 7.52. The molecule has 6 heteroatoms. The molecule has 0 aliphatic heterocycles. The van der Waals surface area contributed by atoms with E-state index >= 15 is 0 Å². The molecular formula is C25H26N6. The van der Waals surface area contributed by atoms with E-state index in [-0.39, 0.29) is 0 Å². The monoisotopic (exact) mass is 410 g/mol. The predicted octanol–water partition coefficient (Wildman–Crippen LogP) is 4.40. The van der Waals surface area contributed by atoms with Crippen LogP contribution in [0, 0.1) is 17.2 Å². The van der Waals surface area contributed by atoms with E-state index in [1.807, 2.05) is 36.4 Å². The molecule has 0 aliphatic rings. The van der Waals surface area contributed by atoms with E-state index in [1.165, 1.54) is 0 Å². The number of fused-ring (bicyclic) bond motifs is 1. The summed E-state index contributed by atoms with van der Waals surface area (Å²) < 4.78 is 2.07. The van der Waals surface area contributed by atoms with Crippen LogP contribution in [0.1, 0.15) is 36.5 Å². The summed E-state index contributed by atoms with van der Waals surface area (Å²) in [6, 6.07) is 22.3. The van der Waals surface area contributed by atoms with E-state index in [9.17, 15) is 0 Å². The summed E-state index contributed by atoms with van der Waals surface area (Å²) in [6.07, 6.45) is 1.77. The largest absolute Gasteiger partial charge is 0.312 e. The lowest BCUT2D eigenvalue weighted by Crippen LogP contribution is -2.29. The number of hydrogen-bond acceptors (Lipinski definition) is 5. The Kier molecular flexibility index (Phi) is 6.34. The molecule has 0 atom stereocenters. The minimum absolute atomic E-state index is 0.523. The van der Waals surface area contributed by atoms with Crippen LogP contribution in [-0.2, 0) is 19.6 Å². The third-order valence-corrected chi connectivity index (χ3v) is 5.16. The lowest BCUT2D eigenvalue weighted by molar-refractivity contribution is 0.217. The molecule has 31 heavy (non-hydrogen) atoms. The molecule has 6 nitrogen and oxygen atoms in total. The molecule has 0 spiro atoms. The number of benzene rings is 2. The van der Waals surface area contributed by atoms with Gasteiger partial charge in [-0.25, -0.2) is 0 Å². The summed E-state index contributed by atoms with van der Waals surface area (Å²) in [5.74, 6) is 1.45. The Balaban J connectivity index is 1.51. The fourth-order valence-corrected chi connectivity index (χ4v) is 3.74. The van der Waals surface area contributed by atoms with Crippen LogP contribution in [0.5, 0.6) is 0 Å². The Hall–Kier alpha value is -3.56. The molecule has 4 aromatic rings. The van der Waals surface area contributed by atoms with Gasteiger partial charge in [-0.05, 0) is 35.7 Å². The molecule has 0 amide bonds. The molecule has 2 aromatic carbocycles. The topological polar surface area (TPSA) is 70.6 Å². The number of hydrogen-bond donors (Lipinski definition) is 0. The zero-order valence-electron chi connectivity index (χ0n) is 17.9. The summed E-state index contributed by atoms with van der Waals surface area (Å²) in [4.78, 5) is 7.22. The first-order valence-corrected chi connectivity index (χ1v) is 10.5. The van der Waals surface area contributed by atoms with E-state index in [1.54, 1.807) is 6.33 Å². The molecule has 0 bridgehead atoms. The van der Waals surface area contributed by atoms with Crippen LogP contribution in [0.2, 0.25) is 0 Å². The van der Waals surface area contributed by atoms with Gasteiger partial charge in [0.1, 0.15) is 12.2 Å². The highest BCUT2D eigenvalue weighted by Crippen LogP contribution is 2.16. The van der Waals surface area contributed by atoms with Crippen molar-refractivity contribution in [1.82, 2.24) is 24.6 Å². The first-order chi connectivity index (χ1) is 15.1. The number of rotatable bonds is 8. The lowest BCUT2D eigenvalue weighted by Gasteiger charge is -2.24. The van der Waals surface area contributed by atoms with Crippen LogP contribution >= 0.6 is 0 Å². The molecule has 0 unspecified atom stereocenters. The van der Waals surface area contributed by atoms with Gasteiger partial charge in [-0.2, -0.15) is 5.26 Å². The highest BCUT2D eigenvalue weighted by molar-refractivity contribution is 5.78. The van der Waals surface area contributed by atoms with E-state index in [0.29, 0.717) is 24.6 Å². The van der Waals surface area contributed by atoms with Crippen LogP contribution in [0.3, 0.4) is 0 Å². The van der Waals surface area contributed by atoms with Crippen LogP contribution in [0.4, 0.5) is 0 Å². The molecule has 0 aliphatic carbocycles. The second-order valence-corrected chi connectivity index (χ2v) is 8.24. The summed E-state index contributed by atoms with van der Waals surface area (Å²) in [7, 11) is 0. The van der Waals surface area contributed by atoms with Crippen molar-refractivity contribution < 1.29 is 0 Å². The Morgan fingerprint density at radius 3 is 2.58 bits per heavy atom. The van der Waals surface area contributed by atoms with Crippen molar-refractivity contribution in [1.29, 1.82) is 5.26 Å². The van der Waals surface area contributed by atoms with Gasteiger partial charge in [-0.15, -0.1) is 10.2 Å². The van der Waals surface area contributed by atoms with Gasteiger partial charge in [0.15, 0.2) is 0 Å². The van der Waals surface area contributed by atoms with Crippen molar-refractivity contribution in [2.24, 2.45) is 5.92 Å². The molecule has 0 saturated carbocycles. The Morgan fingerprint density at radius 1 is 1.00 bits per heavy atom. The van der Waals surface area contributed by atoms with E-state index in [2.05, 4.69) is 63.8 Å². The number of nitrogens with zero attached hydrogens (tertiary/aromatic N) is 6.